The van der Waals surface area contributed by atoms with Crippen LogP contribution in [0.1, 0.15) is 65.0 Å². The molecule has 354 valence electrons. The average Bonchev–Trinajstić information content (AvgIpc) is 3.75. The zero-order chi connectivity index (χ0) is 47.0. The molecule has 11 N–H and O–H groups in total. The van der Waals surface area contributed by atoms with E-state index >= 15 is 0 Å². The maximum absolute atomic E-state index is 12.7. The molecule has 2 amide bonds. The first-order valence-corrected chi connectivity index (χ1v) is 24.5. The van der Waals surface area contributed by atoms with Crippen LogP contribution in [-0.2, 0) is 55.5 Å². The first kappa shape index (κ1) is 53.8. The maximum atomic E-state index is 12.7. The first-order chi connectivity index (χ1) is 29.4. The predicted octanol–water partition coefficient (Wildman–Crippen LogP) is 1.20. The lowest BCUT2D eigenvalue weighted by atomic mass is 9.87. The van der Waals surface area contributed by atoms with Gasteiger partial charge in [-0.15, -0.1) is 0 Å². The number of aliphatic hydroxyl groups is 2. The summed E-state index contributed by atoms with van der Waals surface area (Å²) >= 11 is 1.06. The van der Waals surface area contributed by atoms with Gasteiger partial charge in [0, 0.05) is 43.5 Å². The number of nitrogen functional groups attached to an aromatic ring is 1. The summed E-state index contributed by atoms with van der Waals surface area (Å²) in [6.45, 7) is 0.404. The molecule has 26 nitrogen and oxygen atoms in total. The van der Waals surface area contributed by atoms with Crippen molar-refractivity contribution in [1.29, 1.82) is 0 Å². The Bertz CT molecular complexity index is 2090. The Hall–Kier alpha value is -3.49. The number of nitrogens with two attached hydrogens (primary N) is 1. The van der Waals surface area contributed by atoms with Gasteiger partial charge in [-0.25, -0.2) is 28.6 Å². The van der Waals surface area contributed by atoms with E-state index in [-0.39, 0.29) is 48.0 Å². The monoisotopic (exact) mass is 975 g/mol. The second-order valence-electron chi connectivity index (χ2n) is 14.3. The Labute approximate surface area is 364 Å². The highest BCUT2D eigenvalue weighted by Crippen LogP contribution is 2.61. The molecule has 1 fully saturated rings. The Balaban J connectivity index is 1.38. The standard InChI is InChI=1S/C33H52N7O19P3S/c1-33(2,28(46)31(47)36-14-13-22(41)35-15-16-63-24(44)12-10-8-6-4-3-5-7-9-11-23(42)43)18-56-62(53,54)59-61(51,52)55-17-21-27(58-60(48,49)50)26(45)32(57-21)40-20-39-25-29(34)37-19-38-30(25)40/h3-6,19-21,26-28,32,45-46H,7-18H2,1-2H3,(H,35,41)(H,36,47)(H,42,43)(H,51,52)(H,53,54)(H2,34,37,38)(H2,48,49,50)/b5-3+,6-4+. The number of ether oxygens (including phenoxy) is 1. The number of unbranched alkanes of at least 4 members (excludes halogenated alkanes) is 2. The Morgan fingerprint density at radius 1 is 0.968 bits per heavy atom. The molecular weight excluding hydrogens is 923 g/mol. The van der Waals surface area contributed by atoms with Gasteiger partial charge in [0.2, 0.25) is 11.8 Å². The van der Waals surface area contributed by atoms with E-state index in [9.17, 15) is 62.7 Å². The van der Waals surface area contributed by atoms with Crippen molar-refractivity contribution in [3.8, 4) is 0 Å². The second-order valence-corrected chi connectivity index (χ2v) is 19.7. The van der Waals surface area contributed by atoms with Gasteiger partial charge in [0.15, 0.2) is 22.8 Å². The maximum Gasteiger partial charge on any atom is 0.481 e. The van der Waals surface area contributed by atoms with E-state index in [0.717, 1.165) is 29.0 Å². The number of thioether (sulfide) groups is 1. The van der Waals surface area contributed by atoms with Gasteiger partial charge in [-0.2, -0.15) is 4.31 Å². The number of imidazole rings is 1. The van der Waals surface area contributed by atoms with Crippen LogP contribution in [0.2, 0.25) is 0 Å². The first-order valence-electron chi connectivity index (χ1n) is 19.0. The van der Waals surface area contributed by atoms with Gasteiger partial charge in [0.1, 0.15) is 36.3 Å². The normalized spacial score (nSPS) is 20.8. The van der Waals surface area contributed by atoms with Gasteiger partial charge < -0.3 is 56.0 Å². The van der Waals surface area contributed by atoms with Gasteiger partial charge in [0.05, 0.1) is 19.5 Å². The SMILES string of the molecule is CC(C)(COP(=O)(O)OP(=O)(O)OCC1OC(n2cnc3c(N)ncnc32)C(O)C1OP(=O)(O)O)C(O)C(=O)NCCC(=O)NCCSC(=O)CCC/C=C/C=C/CCCC(=O)O. The minimum atomic E-state index is -5.59. The number of aliphatic carboxylic acids is 1. The summed E-state index contributed by atoms with van der Waals surface area (Å²) in [5.41, 5.74) is 4.23. The number of nitrogens with zero attached hydrogens (tertiary/aromatic N) is 4. The summed E-state index contributed by atoms with van der Waals surface area (Å²) < 4.78 is 62.2. The fourth-order valence-electron chi connectivity index (χ4n) is 5.45. The molecule has 2 aromatic heterocycles. The second kappa shape index (κ2) is 24.7. The van der Waals surface area contributed by atoms with Gasteiger partial charge in [-0.1, -0.05) is 49.9 Å². The molecule has 0 aliphatic carbocycles. The Morgan fingerprint density at radius 3 is 2.27 bits per heavy atom. The van der Waals surface area contributed by atoms with Gasteiger partial charge >= 0.3 is 29.4 Å². The highest BCUT2D eigenvalue weighted by Gasteiger charge is 2.50. The van der Waals surface area contributed by atoms with Gasteiger partial charge in [-0.05, 0) is 25.7 Å². The van der Waals surface area contributed by atoms with Crippen LogP contribution in [0.3, 0.4) is 0 Å². The van der Waals surface area contributed by atoms with Crippen LogP contribution < -0.4 is 16.4 Å². The number of carboxylic acid groups (broad SMARTS) is 1. The molecule has 0 bridgehead atoms. The largest absolute Gasteiger partial charge is 0.481 e. The van der Waals surface area contributed by atoms with Crippen molar-refractivity contribution in [3.05, 3.63) is 37.0 Å². The van der Waals surface area contributed by atoms with Crippen LogP contribution in [0, 0.1) is 5.41 Å². The van der Waals surface area contributed by atoms with Crippen LogP contribution in [-0.4, -0.2) is 134 Å². The lowest BCUT2D eigenvalue weighted by Gasteiger charge is -2.30. The zero-order valence-electron chi connectivity index (χ0n) is 34.0. The Morgan fingerprint density at radius 2 is 1.62 bits per heavy atom. The third-order valence-corrected chi connectivity index (χ3v) is 12.7. The highest BCUT2D eigenvalue weighted by atomic mass is 32.2. The van der Waals surface area contributed by atoms with E-state index in [1.54, 1.807) is 0 Å². The molecule has 7 unspecified atom stereocenters. The number of carbonyl (C=O) groups is 4. The number of fused-ring (bicyclic) bond motifs is 1. The molecule has 0 saturated carbocycles. The molecular formula is C33H52N7O19P3S. The van der Waals surface area contributed by atoms with Gasteiger partial charge in [-0.3, -0.25) is 37.3 Å². The zero-order valence-corrected chi connectivity index (χ0v) is 37.5. The quantitative estimate of drug-likeness (QED) is 0.0325. The van der Waals surface area contributed by atoms with Crippen molar-refractivity contribution in [1.82, 2.24) is 30.2 Å². The van der Waals surface area contributed by atoms with Crippen molar-refractivity contribution in [2.45, 2.75) is 89.4 Å². The number of nitrogens with one attached hydrogen (secondary N) is 2. The molecule has 30 heteroatoms. The van der Waals surface area contributed by atoms with Crippen LogP contribution >= 0.6 is 35.2 Å². The molecule has 3 rings (SSSR count). The number of rotatable bonds is 28. The minimum absolute atomic E-state index is 0.0237. The van der Waals surface area contributed by atoms with E-state index in [4.69, 9.17) is 24.6 Å². The summed E-state index contributed by atoms with van der Waals surface area (Å²) in [7, 11) is -16.4. The number of anilines is 1. The van der Waals surface area contributed by atoms with Crippen molar-refractivity contribution in [3.63, 3.8) is 0 Å². The van der Waals surface area contributed by atoms with Crippen molar-refractivity contribution < 1.29 is 90.4 Å². The van der Waals surface area contributed by atoms with E-state index in [1.807, 2.05) is 24.3 Å². The number of hydrogen-bond acceptors (Lipinski definition) is 19. The predicted molar refractivity (Wildman–Crippen MR) is 221 cm³/mol. The van der Waals surface area contributed by atoms with E-state index in [0.29, 0.717) is 37.9 Å². The molecule has 63 heavy (non-hydrogen) atoms. The van der Waals surface area contributed by atoms with E-state index in [2.05, 4.69) is 34.4 Å². The fourth-order valence-corrected chi connectivity index (χ4v) is 9.00. The van der Waals surface area contributed by atoms with E-state index < -0.39 is 90.5 Å². The third-order valence-electron chi connectivity index (χ3n) is 8.66. The van der Waals surface area contributed by atoms with Crippen LogP contribution in [0.15, 0.2) is 37.0 Å². The smallest absolute Gasteiger partial charge is 0.481 e. The summed E-state index contributed by atoms with van der Waals surface area (Å²) in [6.07, 6.45) is 3.46. The highest BCUT2D eigenvalue weighted by molar-refractivity contribution is 8.13. The summed E-state index contributed by atoms with van der Waals surface area (Å²) in [6, 6.07) is 0. The number of amides is 2. The lowest BCUT2D eigenvalue weighted by Crippen LogP contribution is -2.46. The number of aliphatic hydroxyl groups excluding tert-OH is 2. The summed E-state index contributed by atoms with van der Waals surface area (Å²) in [5.74, 6) is -2.01. The van der Waals surface area contributed by atoms with Crippen LogP contribution in [0.5, 0.6) is 0 Å². The van der Waals surface area contributed by atoms with Crippen molar-refractivity contribution in [2.75, 3.05) is 37.8 Å². The van der Waals surface area contributed by atoms with Crippen molar-refractivity contribution in [2.24, 2.45) is 5.41 Å². The van der Waals surface area contributed by atoms with E-state index in [1.165, 1.54) is 13.8 Å². The Kier molecular flexibility index (Phi) is 21.1. The summed E-state index contributed by atoms with van der Waals surface area (Å²) in [5, 5.41) is 35.0. The van der Waals surface area contributed by atoms with Crippen LogP contribution in [0.4, 0.5) is 5.82 Å². The number of hydrogen-bond donors (Lipinski definition) is 10. The number of phosphoric acid groups is 3. The fraction of sp³-hybridized carbons (Fsp3) is 0.606. The molecule has 3 heterocycles. The van der Waals surface area contributed by atoms with Crippen LogP contribution in [0.25, 0.3) is 11.2 Å². The number of aromatic nitrogens is 4. The molecule has 1 saturated heterocycles. The van der Waals surface area contributed by atoms with Crippen molar-refractivity contribution >= 4 is 75.1 Å². The molecule has 0 aromatic carbocycles. The lowest BCUT2D eigenvalue weighted by molar-refractivity contribution is -0.137. The summed E-state index contributed by atoms with van der Waals surface area (Å²) in [4.78, 5) is 98.4. The molecule has 0 radical (unpaired) electrons. The third kappa shape index (κ3) is 18.9. The number of allylic oxidation sites excluding steroid dienone is 4. The average molecular weight is 976 g/mol. The molecule has 1 aliphatic heterocycles. The number of carbonyl (C=O) groups excluding carboxylic acids is 3. The molecule has 7 atom stereocenters. The van der Waals surface area contributed by atoms with Gasteiger partial charge in [0.25, 0.3) is 0 Å². The molecule has 1 aliphatic rings. The topological polar surface area (TPSA) is 401 Å². The molecule has 2 aromatic rings. The number of phosphoric ester groups is 3. The molecule has 0 spiro atoms. The number of carboxylic acids is 1. The minimum Gasteiger partial charge on any atom is -0.481 e.